The number of halogens is 1. The average molecular weight is 443 g/mol. The third-order valence-electron chi connectivity index (χ3n) is 2.95. The van der Waals surface area contributed by atoms with E-state index in [2.05, 4.69) is 22.5 Å². The number of aliphatic imine (C=N–C) groups is 1. The zero-order valence-corrected chi connectivity index (χ0v) is 17.2. The van der Waals surface area contributed by atoms with Crippen molar-refractivity contribution in [1.82, 2.24) is 10.6 Å². The third-order valence-corrected chi connectivity index (χ3v) is 2.95. The van der Waals surface area contributed by atoms with Crippen LogP contribution in [-0.4, -0.2) is 51.4 Å². The molecule has 138 valence electrons. The first-order chi connectivity index (χ1) is 10.7. The van der Waals surface area contributed by atoms with Crippen LogP contribution >= 0.6 is 24.0 Å². The quantitative estimate of drug-likeness (QED) is 0.151. The summed E-state index contributed by atoms with van der Waals surface area (Å²) in [5.74, 6) is 0.752. The SMILES string of the molecule is CCNC(=NCCCCCCC(=O)OCC)NCCOCC.I. The lowest BCUT2D eigenvalue weighted by Gasteiger charge is -2.11. The Morgan fingerprint density at radius 1 is 1.00 bits per heavy atom. The van der Waals surface area contributed by atoms with Crippen molar-refractivity contribution in [3.63, 3.8) is 0 Å². The molecule has 0 rings (SSSR count). The number of esters is 1. The Morgan fingerprint density at radius 3 is 2.39 bits per heavy atom. The topological polar surface area (TPSA) is 72.0 Å². The van der Waals surface area contributed by atoms with E-state index in [1.165, 1.54) is 0 Å². The number of nitrogens with zero attached hydrogens (tertiary/aromatic N) is 1. The minimum atomic E-state index is -0.0894. The highest BCUT2D eigenvalue weighted by Gasteiger charge is 2.00. The Kier molecular flexibility index (Phi) is 20.9. The fourth-order valence-electron chi connectivity index (χ4n) is 1.89. The van der Waals surface area contributed by atoms with Gasteiger partial charge in [0.15, 0.2) is 5.96 Å². The van der Waals surface area contributed by atoms with Gasteiger partial charge in [0, 0.05) is 32.7 Å². The molecule has 0 spiro atoms. The summed E-state index contributed by atoms with van der Waals surface area (Å²) in [6.45, 7) is 10.2. The summed E-state index contributed by atoms with van der Waals surface area (Å²) >= 11 is 0. The van der Waals surface area contributed by atoms with Gasteiger partial charge in [-0.15, -0.1) is 24.0 Å². The van der Waals surface area contributed by atoms with E-state index in [9.17, 15) is 4.79 Å². The zero-order chi connectivity index (χ0) is 16.5. The van der Waals surface area contributed by atoms with Crippen molar-refractivity contribution in [3.8, 4) is 0 Å². The van der Waals surface area contributed by atoms with Crippen molar-refractivity contribution in [2.24, 2.45) is 4.99 Å². The van der Waals surface area contributed by atoms with Crippen molar-refractivity contribution in [1.29, 1.82) is 0 Å². The highest BCUT2D eigenvalue weighted by atomic mass is 127. The first-order valence-corrected chi connectivity index (χ1v) is 8.50. The van der Waals surface area contributed by atoms with Crippen LogP contribution in [0.5, 0.6) is 0 Å². The van der Waals surface area contributed by atoms with Gasteiger partial charge in [-0.2, -0.15) is 0 Å². The Morgan fingerprint density at radius 2 is 1.74 bits per heavy atom. The molecule has 0 bridgehead atoms. The van der Waals surface area contributed by atoms with E-state index in [1.54, 1.807) is 0 Å². The number of guanidine groups is 1. The second kappa shape index (κ2) is 19.5. The van der Waals surface area contributed by atoms with Gasteiger partial charge in [0.1, 0.15) is 0 Å². The number of carbonyl (C=O) groups excluding carboxylic acids is 1. The van der Waals surface area contributed by atoms with Gasteiger partial charge < -0.3 is 20.1 Å². The molecule has 0 amide bonds. The lowest BCUT2D eigenvalue weighted by molar-refractivity contribution is -0.143. The normalized spacial score (nSPS) is 10.8. The molecular weight excluding hydrogens is 409 g/mol. The van der Waals surface area contributed by atoms with Gasteiger partial charge >= 0.3 is 5.97 Å². The van der Waals surface area contributed by atoms with Crippen LogP contribution in [0.1, 0.15) is 52.9 Å². The molecule has 0 heterocycles. The Bertz CT molecular complexity index is 302. The monoisotopic (exact) mass is 443 g/mol. The fourth-order valence-corrected chi connectivity index (χ4v) is 1.89. The van der Waals surface area contributed by atoms with E-state index in [1.807, 2.05) is 13.8 Å². The van der Waals surface area contributed by atoms with E-state index >= 15 is 0 Å². The number of unbranched alkanes of at least 4 members (excludes halogenated alkanes) is 3. The molecule has 0 unspecified atom stereocenters. The molecule has 23 heavy (non-hydrogen) atoms. The van der Waals surface area contributed by atoms with Gasteiger partial charge in [0.25, 0.3) is 0 Å². The van der Waals surface area contributed by atoms with E-state index in [0.29, 0.717) is 19.6 Å². The predicted octanol–water partition coefficient (Wildman–Crippen LogP) is 2.71. The second-order valence-corrected chi connectivity index (χ2v) is 4.85. The van der Waals surface area contributed by atoms with Crippen molar-refractivity contribution in [2.45, 2.75) is 52.9 Å². The summed E-state index contributed by atoms with van der Waals surface area (Å²) < 4.78 is 10.2. The Hall–Kier alpha value is -0.570. The molecule has 0 aliphatic heterocycles. The minimum Gasteiger partial charge on any atom is -0.466 e. The number of rotatable bonds is 13. The summed E-state index contributed by atoms with van der Waals surface area (Å²) in [6, 6.07) is 0. The summed E-state index contributed by atoms with van der Waals surface area (Å²) in [5.41, 5.74) is 0. The molecule has 2 N–H and O–H groups in total. The summed E-state index contributed by atoms with van der Waals surface area (Å²) in [5, 5.41) is 6.45. The van der Waals surface area contributed by atoms with Gasteiger partial charge in [-0.05, 0) is 33.6 Å². The molecule has 6 nitrogen and oxygen atoms in total. The maximum absolute atomic E-state index is 11.2. The minimum absolute atomic E-state index is 0. The molecule has 0 atom stereocenters. The van der Waals surface area contributed by atoms with Crippen molar-refractivity contribution >= 4 is 35.9 Å². The Balaban J connectivity index is 0. The van der Waals surface area contributed by atoms with Gasteiger partial charge in [-0.1, -0.05) is 12.8 Å². The molecule has 0 aromatic rings. The number of nitrogens with one attached hydrogen (secondary N) is 2. The van der Waals surface area contributed by atoms with Crippen molar-refractivity contribution < 1.29 is 14.3 Å². The standard InChI is InChI=1S/C16H33N3O3.HI/c1-4-17-16(19-13-14-21-5-2)18-12-10-8-7-9-11-15(20)22-6-3;/h4-14H2,1-3H3,(H2,17,18,19);1H. The number of carbonyl (C=O) groups is 1. The molecule has 0 aliphatic rings. The van der Waals surface area contributed by atoms with Crippen molar-refractivity contribution in [2.75, 3.05) is 39.5 Å². The fraction of sp³-hybridized carbons (Fsp3) is 0.875. The third kappa shape index (κ3) is 17.6. The molecule has 0 aromatic carbocycles. The van der Waals surface area contributed by atoms with Gasteiger partial charge in [0.05, 0.1) is 13.2 Å². The average Bonchev–Trinajstić information content (AvgIpc) is 2.50. The smallest absolute Gasteiger partial charge is 0.305 e. The van der Waals surface area contributed by atoms with Crippen LogP contribution in [0.2, 0.25) is 0 Å². The van der Waals surface area contributed by atoms with E-state index < -0.39 is 0 Å². The lowest BCUT2D eigenvalue weighted by Crippen LogP contribution is -2.39. The van der Waals surface area contributed by atoms with Crippen LogP contribution in [0.15, 0.2) is 4.99 Å². The predicted molar refractivity (Wildman–Crippen MR) is 106 cm³/mol. The molecule has 0 fully saturated rings. The first-order valence-electron chi connectivity index (χ1n) is 8.50. The number of hydrogen-bond acceptors (Lipinski definition) is 4. The molecule has 0 saturated carbocycles. The van der Waals surface area contributed by atoms with E-state index in [4.69, 9.17) is 9.47 Å². The maximum atomic E-state index is 11.2. The zero-order valence-electron chi connectivity index (χ0n) is 14.9. The summed E-state index contributed by atoms with van der Waals surface area (Å²) in [6.07, 6.45) is 4.59. The van der Waals surface area contributed by atoms with Crippen LogP contribution in [0, 0.1) is 0 Å². The molecule has 0 aliphatic carbocycles. The number of hydrogen-bond donors (Lipinski definition) is 2. The highest BCUT2D eigenvalue weighted by Crippen LogP contribution is 2.04. The van der Waals surface area contributed by atoms with Gasteiger partial charge in [0.2, 0.25) is 0 Å². The summed E-state index contributed by atoms with van der Waals surface area (Å²) in [7, 11) is 0. The van der Waals surface area contributed by atoms with Crippen LogP contribution in [-0.2, 0) is 14.3 Å². The maximum Gasteiger partial charge on any atom is 0.305 e. The van der Waals surface area contributed by atoms with Crippen LogP contribution in [0.25, 0.3) is 0 Å². The van der Waals surface area contributed by atoms with Crippen LogP contribution < -0.4 is 10.6 Å². The van der Waals surface area contributed by atoms with Crippen LogP contribution in [0.3, 0.4) is 0 Å². The highest BCUT2D eigenvalue weighted by molar-refractivity contribution is 14.0. The Labute approximate surface area is 158 Å². The lowest BCUT2D eigenvalue weighted by atomic mass is 10.1. The molecular formula is C16H34IN3O3. The van der Waals surface area contributed by atoms with E-state index in [-0.39, 0.29) is 29.9 Å². The first kappa shape index (κ1) is 24.7. The van der Waals surface area contributed by atoms with Crippen molar-refractivity contribution in [3.05, 3.63) is 0 Å². The molecule has 7 heteroatoms. The van der Waals surface area contributed by atoms with Gasteiger partial charge in [-0.3, -0.25) is 9.79 Å². The molecule has 0 radical (unpaired) electrons. The largest absolute Gasteiger partial charge is 0.466 e. The van der Waals surface area contributed by atoms with E-state index in [0.717, 1.165) is 57.9 Å². The van der Waals surface area contributed by atoms with Gasteiger partial charge in [-0.25, -0.2) is 0 Å². The van der Waals surface area contributed by atoms with Crippen LogP contribution in [0.4, 0.5) is 0 Å². The summed E-state index contributed by atoms with van der Waals surface area (Å²) in [4.78, 5) is 15.7. The number of ether oxygens (including phenoxy) is 2. The molecule has 0 saturated heterocycles. The second-order valence-electron chi connectivity index (χ2n) is 4.85. The molecule has 0 aromatic heterocycles.